The standard InChI is InChI=1S/C12H24N2O.ClH/c1-9(2)11(13)12(15)14-8-10-6-4-3-5-7-10;/h9-11H,3-8,13H2,1-2H3,(H,14,15);1H. The molecule has 0 bridgehead atoms. The number of carbonyl (C=O) groups is 1. The second kappa shape index (κ2) is 7.91. The van der Waals surface area contributed by atoms with Crippen molar-refractivity contribution in [2.45, 2.75) is 52.0 Å². The van der Waals surface area contributed by atoms with Crippen molar-refractivity contribution in [1.82, 2.24) is 5.32 Å². The Kier molecular flexibility index (Phi) is 7.77. The van der Waals surface area contributed by atoms with E-state index in [9.17, 15) is 4.79 Å². The van der Waals surface area contributed by atoms with Gasteiger partial charge in [-0.25, -0.2) is 0 Å². The fraction of sp³-hybridized carbons (Fsp3) is 0.917. The SMILES string of the molecule is CC(C)C(N)C(=O)NCC1CCCCC1.Cl. The van der Waals surface area contributed by atoms with E-state index in [1.807, 2.05) is 13.8 Å². The lowest BCUT2D eigenvalue weighted by Gasteiger charge is -2.23. The lowest BCUT2D eigenvalue weighted by atomic mass is 9.89. The van der Waals surface area contributed by atoms with Crippen LogP contribution in [0.1, 0.15) is 46.0 Å². The third-order valence-corrected chi connectivity index (χ3v) is 3.31. The summed E-state index contributed by atoms with van der Waals surface area (Å²) in [6.45, 7) is 4.77. The smallest absolute Gasteiger partial charge is 0.237 e. The fourth-order valence-electron chi connectivity index (χ4n) is 2.06. The largest absolute Gasteiger partial charge is 0.354 e. The Morgan fingerprint density at radius 2 is 1.88 bits per heavy atom. The maximum atomic E-state index is 11.6. The molecule has 0 aromatic rings. The van der Waals surface area contributed by atoms with Gasteiger partial charge in [0.2, 0.25) is 5.91 Å². The van der Waals surface area contributed by atoms with Crippen molar-refractivity contribution in [3.63, 3.8) is 0 Å². The van der Waals surface area contributed by atoms with E-state index in [2.05, 4.69) is 5.32 Å². The summed E-state index contributed by atoms with van der Waals surface area (Å²) in [5.74, 6) is 0.911. The van der Waals surface area contributed by atoms with Crippen LogP contribution in [-0.4, -0.2) is 18.5 Å². The molecule has 0 radical (unpaired) electrons. The van der Waals surface area contributed by atoms with Crippen LogP contribution in [0, 0.1) is 11.8 Å². The van der Waals surface area contributed by atoms with Crippen LogP contribution in [0.25, 0.3) is 0 Å². The molecule has 3 N–H and O–H groups in total. The Bertz CT molecular complexity index is 203. The zero-order chi connectivity index (χ0) is 11.3. The highest BCUT2D eigenvalue weighted by atomic mass is 35.5. The van der Waals surface area contributed by atoms with Crippen LogP contribution in [-0.2, 0) is 4.79 Å². The van der Waals surface area contributed by atoms with E-state index in [4.69, 9.17) is 5.73 Å². The first kappa shape index (κ1) is 15.7. The Balaban J connectivity index is 0.00000225. The van der Waals surface area contributed by atoms with Crippen molar-refractivity contribution in [2.75, 3.05) is 6.54 Å². The summed E-state index contributed by atoms with van der Waals surface area (Å²) >= 11 is 0. The maximum absolute atomic E-state index is 11.6. The van der Waals surface area contributed by atoms with E-state index in [0.717, 1.165) is 6.54 Å². The minimum atomic E-state index is -0.353. The molecular formula is C12H25ClN2O. The maximum Gasteiger partial charge on any atom is 0.237 e. The number of nitrogens with one attached hydrogen (secondary N) is 1. The number of rotatable bonds is 4. The molecule has 1 amide bonds. The highest BCUT2D eigenvalue weighted by molar-refractivity contribution is 5.85. The van der Waals surface area contributed by atoms with Gasteiger partial charge in [-0.3, -0.25) is 4.79 Å². The average molecular weight is 249 g/mol. The van der Waals surface area contributed by atoms with Gasteiger partial charge in [-0.05, 0) is 24.7 Å². The molecule has 1 atom stereocenters. The van der Waals surface area contributed by atoms with Crippen LogP contribution in [0.2, 0.25) is 0 Å². The Morgan fingerprint density at radius 1 is 1.31 bits per heavy atom. The summed E-state index contributed by atoms with van der Waals surface area (Å²) in [7, 11) is 0. The molecule has 0 aliphatic heterocycles. The van der Waals surface area contributed by atoms with Crippen LogP contribution in [0.15, 0.2) is 0 Å². The first-order valence-electron chi connectivity index (χ1n) is 6.14. The normalized spacial score (nSPS) is 19.0. The van der Waals surface area contributed by atoms with Gasteiger partial charge in [0.05, 0.1) is 6.04 Å². The number of amides is 1. The van der Waals surface area contributed by atoms with Crippen molar-refractivity contribution in [3.8, 4) is 0 Å². The minimum Gasteiger partial charge on any atom is -0.354 e. The molecular weight excluding hydrogens is 224 g/mol. The van der Waals surface area contributed by atoms with E-state index in [1.54, 1.807) is 0 Å². The van der Waals surface area contributed by atoms with Crippen LogP contribution < -0.4 is 11.1 Å². The van der Waals surface area contributed by atoms with Crippen LogP contribution in [0.3, 0.4) is 0 Å². The molecule has 3 nitrogen and oxygen atoms in total. The highest BCUT2D eigenvalue weighted by Gasteiger charge is 2.19. The van der Waals surface area contributed by atoms with E-state index >= 15 is 0 Å². The van der Waals surface area contributed by atoms with Gasteiger partial charge in [0.15, 0.2) is 0 Å². The zero-order valence-corrected chi connectivity index (χ0v) is 11.2. The summed E-state index contributed by atoms with van der Waals surface area (Å²) in [5.41, 5.74) is 5.76. The molecule has 1 aliphatic rings. The van der Waals surface area contributed by atoms with E-state index in [0.29, 0.717) is 5.92 Å². The third kappa shape index (κ3) is 5.17. The van der Waals surface area contributed by atoms with Crippen molar-refractivity contribution in [1.29, 1.82) is 0 Å². The van der Waals surface area contributed by atoms with E-state index in [-0.39, 0.29) is 30.3 Å². The monoisotopic (exact) mass is 248 g/mol. The van der Waals surface area contributed by atoms with E-state index < -0.39 is 0 Å². The van der Waals surface area contributed by atoms with Crippen molar-refractivity contribution in [2.24, 2.45) is 17.6 Å². The van der Waals surface area contributed by atoms with Crippen molar-refractivity contribution >= 4 is 18.3 Å². The second-order valence-electron chi connectivity index (χ2n) is 5.02. The van der Waals surface area contributed by atoms with E-state index in [1.165, 1.54) is 32.1 Å². The zero-order valence-electron chi connectivity index (χ0n) is 10.4. The van der Waals surface area contributed by atoms with Crippen LogP contribution in [0.5, 0.6) is 0 Å². The molecule has 1 aliphatic carbocycles. The molecule has 96 valence electrons. The number of nitrogens with two attached hydrogens (primary N) is 1. The number of halogens is 1. The summed E-state index contributed by atoms with van der Waals surface area (Å²) in [6, 6.07) is -0.353. The van der Waals surface area contributed by atoms with Gasteiger partial charge < -0.3 is 11.1 Å². The molecule has 0 aromatic carbocycles. The first-order chi connectivity index (χ1) is 7.11. The highest BCUT2D eigenvalue weighted by Crippen LogP contribution is 2.22. The molecule has 0 heterocycles. The van der Waals surface area contributed by atoms with Crippen molar-refractivity contribution < 1.29 is 4.79 Å². The third-order valence-electron chi connectivity index (χ3n) is 3.31. The molecule has 4 heteroatoms. The lowest BCUT2D eigenvalue weighted by Crippen LogP contribution is -2.45. The molecule has 0 spiro atoms. The van der Waals surface area contributed by atoms with Gasteiger partial charge >= 0.3 is 0 Å². The molecule has 1 saturated carbocycles. The summed E-state index contributed by atoms with van der Waals surface area (Å²) in [6.07, 6.45) is 6.51. The van der Waals surface area contributed by atoms with Gasteiger partial charge in [-0.2, -0.15) is 0 Å². The van der Waals surface area contributed by atoms with Gasteiger partial charge in [0.25, 0.3) is 0 Å². The predicted octanol–water partition coefficient (Wildman–Crippen LogP) is 2.09. The summed E-state index contributed by atoms with van der Waals surface area (Å²) < 4.78 is 0. The molecule has 1 unspecified atom stereocenters. The predicted molar refractivity (Wildman–Crippen MR) is 69.6 cm³/mol. The van der Waals surface area contributed by atoms with Gasteiger partial charge in [0.1, 0.15) is 0 Å². The first-order valence-corrected chi connectivity index (χ1v) is 6.14. The minimum absolute atomic E-state index is 0. The quantitative estimate of drug-likeness (QED) is 0.801. The topological polar surface area (TPSA) is 55.1 Å². The molecule has 16 heavy (non-hydrogen) atoms. The summed E-state index contributed by atoms with van der Waals surface area (Å²) in [5, 5.41) is 2.97. The van der Waals surface area contributed by atoms with Crippen molar-refractivity contribution in [3.05, 3.63) is 0 Å². The Morgan fingerprint density at radius 3 is 2.38 bits per heavy atom. The molecule has 0 saturated heterocycles. The molecule has 1 fully saturated rings. The number of hydrogen-bond acceptors (Lipinski definition) is 2. The fourth-order valence-corrected chi connectivity index (χ4v) is 2.06. The average Bonchev–Trinajstić information content (AvgIpc) is 2.26. The Labute approximate surface area is 105 Å². The van der Waals surface area contributed by atoms with Gasteiger partial charge in [-0.1, -0.05) is 33.1 Å². The van der Waals surface area contributed by atoms with Crippen LogP contribution in [0.4, 0.5) is 0 Å². The lowest BCUT2D eigenvalue weighted by molar-refractivity contribution is -0.123. The van der Waals surface area contributed by atoms with Gasteiger partial charge in [-0.15, -0.1) is 12.4 Å². The second-order valence-corrected chi connectivity index (χ2v) is 5.02. The number of hydrogen-bond donors (Lipinski definition) is 2. The molecule has 0 aromatic heterocycles. The van der Waals surface area contributed by atoms with Crippen LogP contribution >= 0.6 is 12.4 Å². The van der Waals surface area contributed by atoms with Gasteiger partial charge in [0, 0.05) is 6.54 Å². The molecule has 1 rings (SSSR count). The number of carbonyl (C=O) groups excluding carboxylic acids is 1. The summed E-state index contributed by atoms with van der Waals surface area (Å²) in [4.78, 5) is 11.6. The Hall–Kier alpha value is -0.280.